The van der Waals surface area contributed by atoms with Gasteiger partial charge in [-0.05, 0) is 5.92 Å². The number of nitrogens with zero attached hydrogens (tertiary/aromatic N) is 2. The van der Waals surface area contributed by atoms with Gasteiger partial charge in [-0.2, -0.15) is 4.99 Å². The third kappa shape index (κ3) is 1.40. The third-order valence-corrected chi connectivity index (χ3v) is 1.10. The van der Waals surface area contributed by atoms with Crippen LogP contribution in [0.3, 0.4) is 0 Å². The van der Waals surface area contributed by atoms with Gasteiger partial charge in [-0.25, -0.2) is 0 Å². The summed E-state index contributed by atoms with van der Waals surface area (Å²) in [5.41, 5.74) is 3.66. The summed E-state index contributed by atoms with van der Waals surface area (Å²) in [5.74, 6) is 0.445. The van der Waals surface area contributed by atoms with Gasteiger partial charge in [-0.3, -0.25) is 5.43 Å². The van der Waals surface area contributed by atoms with Crippen molar-refractivity contribution in [2.75, 3.05) is 0 Å². The maximum Gasteiger partial charge on any atom is 0.120 e. The van der Waals surface area contributed by atoms with E-state index in [9.17, 15) is 0 Å². The Hall–Kier alpha value is -1.08. The molecule has 3 nitrogen and oxygen atoms in total. The second kappa shape index (κ2) is 2.46. The topological polar surface area (TPSA) is 36.8 Å². The highest BCUT2D eigenvalue weighted by Crippen LogP contribution is 2.09. The summed E-state index contributed by atoms with van der Waals surface area (Å²) < 4.78 is 0. The standard InChI is InChI=1S/C6H9N3/c1-5(2)6-3-8-9-4-7-6/h3,5,8H,1-2H3. The Morgan fingerprint density at radius 2 is 2.44 bits per heavy atom. The number of hydrazone groups is 1. The van der Waals surface area contributed by atoms with Crippen LogP contribution in [0.5, 0.6) is 0 Å². The molecule has 0 amide bonds. The van der Waals surface area contributed by atoms with Crippen LogP contribution in [0.1, 0.15) is 13.8 Å². The molecule has 0 radical (unpaired) electrons. The Morgan fingerprint density at radius 1 is 1.67 bits per heavy atom. The molecule has 1 rings (SSSR count). The number of hydrogen-bond acceptors (Lipinski definition) is 3. The monoisotopic (exact) mass is 123 g/mol. The van der Waals surface area contributed by atoms with Crippen molar-refractivity contribution in [1.29, 1.82) is 0 Å². The Kier molecular flexibility index (Phi) is 1.66. The lowest BCUT2D eigenvalue weighted by Crippen LogP contribution is -2.02. The molecule has 0 unspecified atom stereocenters. The van der Waals surface area contributed by atoms with Crippen LogP contribution in [0.15, 0.2) is 22.0 Å². The molecule has 0 saturated heterocycles. The van der Waals surface area contributed by atoms with Crippen molar-refractivity contribution in [2.45, 2.75) is 13.8 Å². The molecule has 9 heavy (non-hydrogen) atoms. The zero-order valence-electron chi connectivity index (χ0n) is 5.55. The van der Waals surface area contributed by atoms with E-state index in [4.69, 9.17) is 0 Å². The quantitative estimate of drug-likeness (QED) is 0.558. The van der Waals surface area contributed by atoms with E-state index in [1.807, 2.05) is 0 Å². The molecule has 0 saturated carbocycles. The first-order valence-electron chi connectivity index (χ1n) is 2.92. The van der Waals surface area contributed by atoms with Crippen LogP contribution in [-0.2, 0) is 0 Å². The van der Waals surface area contributed by atoms with Gasteiger partial charge in [0.05, 0.1) is 5.70 Å². The van der Waals surface area contributed by atoms with Gasteiger partial charge in [-0.15, -0.1) is 5.10 Å². The highest BCUT2D eigenvalue weighted by atomic mass is 15.3. The van der Waals surface area contributed by atoms with E-state index in [0.717, 1.165) is 5.70 Å². The summed E-state index contributed by atoms with van der Waals surface area (Å²) in [6.07, 6.45) is 1.78. The summed E-state index contributed by atoms with van der Waals surface area (Å²) in [6, 6.07) is 2.49. The molecular weight excluding hydrogens is 114 g/mol. The van der Waals surface area contributed by atoms with Gasteiger partial charge >= 0.3 is 0 Å². The molecule has 3 heteroatoms. The van der Waals surface area contributed by atoms with E-state index in [2.05, 4.69) is 35.4 Å². The van der Waals surface area contributed by atoms with Crippen LogP contribution >= 0.6 is 0 Å². The van der Waals surface area contributed by atoms with Gasteiger partial charge in [-0.1, -0.05) is 13.8 Å². The van der Waals surface area contributed by atoms with Crippen LogP contribution in [-0.4, -0.2) is 6.01 Å². The molecule has 0 aromatic rings. The number of nitrogens with one attached hydrogen (secondary N) is 1. The van der Waals surface area contributed by atoms with Gasteiger partial charge < -0.3 is 0 Å². The highest BCUT2D eigenvalue weighted by Gasteiger charge is 2.00. The van der Waals surface area contributed by atoms with Gasteiger partial charge in [0, 0.05) is 6.20 Å². The summed E-state index contributed by atoms with van der Waals surface area (Å²) in [5, 5.41) is 3.57. The first kappa shape index (κ1) is 6.05. The van der Waals surface area contributed by atoms with Crippen molar-refractivity contribution < 1.29 is 0 Å². The van der Waals surface area contributed by atoms with Crippen LogP contribution in [0.4, 0.5) is 0 Å². The second-order valence-electron chi connectivity index (χ2n) is 2.18. The normalized spacial score (nSPS) is 15.7. The van der Waals surface area contributed by atoms with Crippen LogP contribution in [0.25, 0.3) is 0 Å². The van der Waals surface area contributed by atoms with Gasteiger partial charge in [0.15, 0.2) is 0 Å². The maximum atomic E-state index is 3.91. The minimum Gasteiger partial charge on any atom is -0.274 e. The minimum absolute atomic E-state index is 0.445. The summed E-state index contributed by atoms with van der Waals surface area (Å²) in [7, 11) is 0. The van der Waals surface area contributed by atoms with E-state index >= 15 is 0 Å². The maximum absolute atomic E-state index is 3.91. The molecule has 0 aromatic carbocycles. The largest absolute Gasteiger partial charge is 0.274 e. The Morgan fingerprint density at radius 3 is 2.78 bits per heavy atom. The molecule has 48 valence electrons. The molecule has 1 aliphatic heterocycles. The molecule has 0 bridgehead atoms. The average Bonchev–Trinajstić information content (AvgIpc) is 1.90. The van der Waals surface area contributed by atoms with E-state index in [1.54, 1.807) is 6.20 Å². The lowest BCUT2D eigenvalue weighted by atomic mass is 10.1. The smallest absolute Gasteiger partial charge is 0.120 e. The first-order valence-corrected chi connectivity index (χ1v) is 2.92. The predicted molar refractivity (Wildman–Crippen MR) is 35.9 cm³/mol. The number of hydrogen-bond donors (Lipinski definition) is 1. The van der Waals surface area contributed by atoms with Crippen molar-refractivity contribution in [3.05, 3.63) is 11.9 Å². The fraction of sp³-hybridized carbons (Fsp3) is 0.500. The van der Waals surface area contributed by atoms with E-state index in [0.29, 0.717) is 5.92 Å². The average molecular weight is 123 g/mol. The Bertz CT molecular complexity index is 184. The van der Waals surface area contributed by atoms with Crippen molar-refractivity contribution in [1.82, 2.24) is 5.43 Å². The van der Waals surface area contributed by atoms with Crippen molar-refractivity contribution >= 4 is 6.01 Å². The fourth-order valence-electron chi connectivity index (χ4n) is 0.538. The van der Waals surface area contributed by atoms with Crippen molar-refractivity contribution in [3.63, 3.8) is 0 Å². The number of rotatable bonds is 1. The van der Waals surface area contributed by atoms with Crippen LogP contribution in [0.2, 0.25) is 0 Å². The molecule has 1 aliphatic rings. The lowest BCUT2D eigenvalue weighted by molar-refractivity contribution is 0.734. The summed E-state index contributed by atoms with van der Waals surface area (Å²) >= 11 is 0. The Labute approximate surface area is 54.2 Å². The van der Waals surface area contributed by atoms with Gasteiger partial charge in [0.1, 0.15) is 6.01 Å². The zero-order valence-corrected chi connectivity index (χ0v) is 5.55. The van der Waals surface area contributed by atoms with E-state index in [-0.39, 0.29) is 0 Å². The highest BCUT2D eigenvalue weighted by molar-refractivity contribution is 5.45. The summed E-state index contributed by atoms with van der Waals surface area (Å²) in [6.45, 7) is 4.15. The zero-order chi connectivity index (χ0) is 6.69. The van der Waals surface area contributed by atoms with Crippen LogP contribution < -0.4 is 5.43 Å². The molecule has 0 spiro atoms. The van der Waals surface area contributed by atoms with Gasteiger partial charge in [0.25, 0.3) is 0 Å². The first-order chi connectivity index (χ1) is 4.30. The molecule has 0 aliphatic carbocycles. The second-order valence-corrected chi connectivity index (χ2v) is 2.18. The molecule has 1 heterocycles. The predicted octanol–water partition coefficient (Wildman–Crippen LogP) is 1.18. The third-order valence-electron chi connectivity index (χ3n) is 1.10. The van der Waals surface area contributed by atoms with Crippen molar-refractivity contribution in [2.24, 2.45) is 16.0 Å². The molecule has 0 fully saturated rings. The lowest BCUT2D eigenvalue weighted by Gasteiger charge is -2.04. The fourth-order valence-corrected chi connectivity index (χ4v) is 0.538. The number of aliphatic imine (C=N–C) groups is 1. The van der Waals surface area contributed by atoms with Gasteiger partial charge in [0.2, 0.25) is 0 Å². The van der Waals surface area contributed by atoms with E-state index in [1.165, 1.54) is 0 Å². The number of allylic oxidation sites excluding steroid dienone is 1. The van der Waals surface area contributed by atoms with E-state index < -0.39 is 0 Å². The summed E-state index contributed by atoms with van der Waals surface area (Å²) in [4.78, 5) is 3.91. The molecule has 1 N–H and O–H groups in total. The minimum atomic E-state index is 0.445. The molecule has 0 atom stereocenters. The molecule has 0 aromatic heterocycles. The van der Waals surface area contributed by atoms with Crippen LogP contribution in [0, 0.1) is 5.92 Å². The molecular formula is C6H9N3. The van der Waals surface area contributed by atoms with Crippen molar-refractivity contribution in [3.8, 4) is 0 Å². The SMILES string of the molecule is CC(C)C1=CNN=C=N1. The Balaban J connectivity index is 2.72.